The van der Waals surface area contributed by atoms with Gasteiger partial charge in [0.25, 0.3) is 0 Å². The van der Waals surface area contributed by atoms with Gasteiger partial charge in [-0.25, -0.2) is 0 Å². The van der Waals surface area contributed by atoms with Gasteiger partial charge in [-0.15, -0.1) is 0 Å². The molecule has 2 aliphatic rings. The zero-order chi connectivity index (χ0) is 13.2. The number of hydrogen-bond donors (Lipinski definition) is 1. The average Bonchev–Trinajstić information content (AvgIpc) is 2.84. The fourth-order valence-corrected chi connectivity index (χ4v) is 2.62. The Kier molecular flexibility index (Phi) is 4.25. The highest BCUT2D eigenvalue weighted by atomic mass is 16.7. The number of hydrogen-bond acceptors (Lipinski definition) is 4. The number of piperidine rings is 1. The molecule has 18 heavy (non-hydrogen) atoms. The van der Waals surface area contributed by atoms with E-state index in [1.54, 1.807) is 0 Å². The predicted molar refractivity (Wildman–Crippen MR) is 67.9 cm³/mol. The summed E-state index contributed by atoms with van der Waals surface area (Å²) in [6.45, 7) is 6.61. The first-order valence-electron chi connectivity index (χ1n) is 6.90. The topological polar surface area (TPSA) is 64.8 Å². The first kappa shape index (κ1) is 13.8. The summed E-state index contributed by atoms with van der Waals surface area (Å²) < 4.78 is 11.3. The lowest BCUT2D eigenvalue weighted by atomic mass is 9.97. The van der Waals surface area contributed by atoms with Crippen molar-refractivity contribution in [2.75, 3.05) is 26.3 Å². The number of nitrogens with zero attached hydrogens (tertiary/aromatic N) is 1. The molecule has 2 saturated heterocycles. The van der Waals surface area contributed by atoms with E-state index in [1.807, 2.05) is 11.8 Å². The summed E-state index contributed by atoms with van der Waals surface area (Å²) in [4.78, 5) is 14.1. The molecule has 2 heterocycles. The van der Waals surface area contributed by atoms with Crippen LogP contribution >= 0.6 is 0 Å². The van der Waals surface area contributed by atoms with Crippen LogP contribution in [0.2, 0.25) is 0 Å². The second-order valence-corrected chi connectivity index (χ2v) is 5.38. The van der Waals surface area contributed by atoms with Gasteiger partial charge in [-0.2, -0.15) is 0 Å². The molecule has 0 aliphatic carbocycles. The Bertz CT molecular complexity index is 303. The first-order valence-corrected chi connectivity index (χ1v) is 6.90. The molecule has 0 aromatic carbocycles. The quantitative estimate of drug-likeness (QED) is 0.808. The maximum Gasteiger partial charge on any atom is 0.239 e. The summed E-state index contributed by atoms with van der Waals surface area (Å²) in [6.07, 6.45) is 2.70. The normalized spacial score (nSPS) is 26.3. The van der Waals surface area contributed by atoms with Crippen LogP contribution in [0.15, 0.2) is 0 Å². The van der Waals surface area contributed by atoms with Gasteiger partial charge in [0.2, 0.25) is 5.91 Å². The van der Waals surface area contributed by atoms with Crippen LogP contribution in [0.3, 0.4) is 0 Å². The summed E-state index contributed by atoms with van der Waals surface area (Å²) >= 11 is 0. The highest BCUT2D eigenvalue weighted by molar-refractivity contribution is 5.82. The van der Waals surface area contributed by atoms with Crippen LogP contribution in [-0.2, 0) is 14.3 Å². The van der Waals surface area contributed by atoms with Crippen molar-refractivity contribution in [2.24, 2.45) is 11.7 Å². The van der Waals surface area contributed by atoms with E-state index in [1.165, 1.54) is 0 Å². The third kappa shape index (κ3) is 2.68. The molecule has 2 aliphatic heterocycles. The summed E-state index contributed by atoms with van der Waals surface area (Å²) in [7, 11) is 0. The zero-order valence-electron chi connectivity index (χ0n) is 11.4. The molecule has 1 amide bonds. The lowest BCUT2D eigenvalue weighted by Crippen LogP contribution is -2.56. The second-order valence-electron chi connectivity index (χ2n) is 5.38. The monoisotopic (exact) mass is 256 g/mol. The summed E-state index contributed by atoms with van der Waals surface area (Å²) in [6, 6.07) is -0.411. The van der Waals surface area contributed by atoms with Crippen molar-refractivity contribution in [1.29, 1.82) is 0 Å². The number of likely N-dealkylation sites (tertiary alicyclic amines) is 1. The van der Waals surface area contributed by atoms with E-state index in [2.05, 4.69) is 6.92 Å². The SMILES string of the molecule is CCC(C)C(N)C(=O)N1CCCC2(C1)OCCO2. The first-order chi connectivity index (χ1) is 8.58. The number of carbonyl (C=O) groups excluding carboxylic acids is 1. The smallest absolute Gasteiger partial charge is 0.239 e. The van der Waals surface area contributed by atoms with Crippen molar-refractivity contribution in [3.05, 3.63) is 0 Å². The van der Waals surface area contributed by atoms with Gasteiger partial charge in [-0.05, 0) is 12.3 Å². The van der Waals surface area contributed by atoms with E-state index in [-0.39, 0.29) is 11.8 Å². The van der Waals surface area contributed by atoms with Crippen molar-refractivity contribution in [3.63, 3.8) is 0 Å². The highest BCUT2D eigenvalue weighted by Gasteiger charge is 2.43. The molecule has 2 unspecified atom stereocenters. The van der Waals surface area contributed by atoms with E-state index in [0.717, 1.165) is 25.8 Å². The standard InChI is InChI=1S/C13H24N2O3/c1-3-10(2)11(14)12(16)15-6-4-5-13(9-15)17-7-8-18-13/h10-11H,3-9,14H2,1-2H3. The van der Waals surface area contributed by atoms with E-state index in [4.69, 9.17) is 15.2 Å². The van der Waals surface area contributed by atoms with Crippen LogP contribution in [0.4, 0.5) is 0 Å². The molecule has 104 valence electrons. The average molecular weight is 256 g/mol. The molecule has 0 saturated carbocycles. The Labute approximate surface area is 109 Å². The highest BCUT2D eigenvalue weighted by Crippen LogP contribution is 2.30. The number of carbonyl (C=O) groups is 1. The van der Waals surface area contributed by atoms with Crippen LogP contribution in [-0.4, -0.2) is 48.9 Å². The largest absolute Gasteiger partial charge is 0.346 e. The fourth-order valence-electron chi connectivity index (χ4n) is 2.62. The van der Waals surface area contributed by atoms with Gasteiger partial charge in [0, 0.05) is 13.0 Å². The van der Waals surface area contributed by atoms with Gasteiger partial charge >= 0.3 is 0 Å². The Morgan fingerprint density at radius 2 is 2.11 bits per heavy atom. The van der Waals surface area contributed by atoms with Gasteiger partial charge in [0.05, 0.1) is 25.8 Å². The van der Waals surface area contributed by atoms with E-state index >= 15 is 0 Å². The van der Waals surface area contributed by atoms with Crippen molar-refractivity contribution in [1.82, 2.24) is 4.90 Å². The molecular weight excluding hydrogens is 232 g/mol. The molecule has 2 fully saturated rings. The van der Waals surface area contributed by atoms with Gasteiger partial charge in [0.15, 0.2) is 5.79 Å². The summed E-state index contributed by atoms with van der Waals surface area (Å²) in [5.74, 6) is -0.313. The number of nitrogens with two attached hydrogens (primary N) is 1. The number of rotatable bonds is 3. The third-order valence-electron chi connectivity index (χ3n) is 4.08. The number of ether oxygens (including phenoxy) is 2. The Morgan fingerprint density at radius 3 is 2.72 bits per heavy atom. The van der Waals surface area contributed by atoms with E-state index in [0.29, 0.717) is 19.8 Å². The minimum absolute atomic E-state index is 0.0301. The fraction of sp³-hybridized carbons (Fsp3) is 0.923. The van der Waals surface area contributed by atoms with Crippen LogP contribution in [0.1, 0.15) is 33.1 Å². The molecule has 0 bridgehead atoms. The lowest BCUT2D eigenvalue weighted by molar-refractivity contribution is -0.193. The van der Waals surface area contributed by atoms with Gasteiger partial charge in [-0.3, -0.25) is 4.79 Å². The predicted octanol–water partition coefficient (Wildman–Crippen LogP) is 0.725. The maximum absolute atomic E-state index is 12.3. The maximum atomic E-state index is 12.3. The minimum Gasteiger partial charge on any atom is -0.346 e. The minimum atomic E-state index is -0.552. The summed E-state index contributed by atoms with van der Waals surface area (Å²) in [5.41, 5.74) is 6.02. The summed E-state index contributed by atoms with van der Waals surface area (Å²) in [5, 5.41) is 0. The van der Waals surface area contributed by atoms with Crippen molar-refractivity contribution < 1.29 is 14.3 Å². The van der Waals surface area contributed by atoms with Crippen LogP contribution < -0.4 is 5.73 Å². The second kappa shape index (κ2) is 5.55. The van der Waals surface area contributed by atoms with Crippen molar-refractivity contribution in [2.45, 2.75) is 44.9 Å². The van der Waals surface area contributed by atoms with Crippen molar-refractivity contribution in [3.8, 4) is 0 Å². The molecule has 1 spiro atoms. The van der Waals surface area contributed by atoms with Gasteiger partial charge < -0.3 is 20.1 Å². The lowest BCUT2D eigenvalue weighted by Gasteiger charge is -2.40. The zero-order valence-corrected chi connectivity index (χ0v) is 11.4. The molecule has 5 nitrogen and oxygen atoms in total. The molecule has 0 aromatic rings. The van der Waals surface area contributed by atoms with Crippen LogP contribution in [0.5, 0.6) is 0 Å². The molecule has 2 N–H and O–H groups in total. The molecule has 2 rings (SSSR count). The van der Waals surface area contributed by atoms with Gasteiger partial charge in [-0.1, -0.05) is 20.3 Å². The van der Waals surface area contributed by atoms with E-state index in [9.17, 15) is 4.79 Å². The number of amides is 1. The van der Waals surface area contributed by atoms with Crippen LogP contribution in [0, 0.1) is 5.92 Å². The molecule has 0 aromatic heterocycles. The third-order valence-corrected chi connectivity index (χ3v) is 4.08. The van der Waals surface area contributed by atoms with E-state index < -0.39 is 11.8 Å². The van der Waals surface area contributed by atoms with Crippen LogP contribution in [0.25, 0.3) is 0 Å². The van der Waals surface area contributed by atoms with Crippen molar-refractivity contribution >= 4 is 5.91 Å². The Hall–Kier alpha value is -0.650. The Balaban J connectivity index is 1.98. The molecule has 2 atom stereocenters. The molecule has 5 heteroatoms. The molecular formula is C13H24N2O3. The van der Waals surface area contributed by atoms with Gasteiger partial charge in [0.1, 0.15) is 0 Å². The molecule has 0 radical (unpaired) electrons. The Morgan fingerprint density at radius 1 is 1.44 bits per heavy atom.